The second-order valence-corrected chi connectivity index (χ2v) is 6.63. The number of halogens is 2. The van der Waals surface area contributed by atoms with E-state index in [-0.39, 0.29) is 35.7 Å². The predicted molar refractivity (Wildman–Crippen MR) is 115 cm³/mol. The lowest BCUT2D eigenvalue weighted by Crippen LogP contribution is -2.45. The van der Waals surface area contributed by atoms with Crippen molar-refractivity contribution in [1.29, 1.82) is 0 Å². The molecular formula is C19H30FIN4O. The van der Waals surface area contributed by atoms with Crippen molar-refractivity contribution in [3.63, 3.8) is 0 Å². The van der Waals surface area contributed by atoms with Gasteiger partial charge in [0.2, 0.25) is 0 Å². The molecule has 0 aliphatic carbocycles. The highest BCUT2D eigenvalue weighted by Crippen LogP contribution is 2.15. The van der Waals surface area contributed by atoms with Crippen LogP contribution in [-0.2, 0) is 0 Å². The molecule has 0 atom stereocenters. The van der Waals surface area contributed by atoms with Gasteiger partial charge in [-0.15, -0.1) is 24.0 Å². The van der Waals surface area contributed by atoms with E-state index in [2.05, 4.69) is 34.4 Å². The van der Waals surface area contributed by atoms with Gasteiger partial charge in [-0.25, -0.2) is 4.39 Å². The highest BCUT2D eigenvalue weighted by atomic mass is 127. The summed E-state index contributed by atoms with van der Waals surface area (Å²) in [5.74, 6) is 1.05. The van der Waals surface area contributed by atoms with Crippen LogP contribution in [0.5, 0.6) is 0 Å². The van der Waals surface area contributed by atoms with Crippen molar-refractivity contribution >= 4 is 35.8 Å². The molecule has 0 bridgehead atoms. The molecule has 1 amide bonds. The minimum atomic E-state index is -0.362. The Morgan fingerprint density at radius 1 is 1.31 bits per heavy atom. The molecule has 1 saturated heterocycles. The number of likely N-dealkylation sites (tertiary alicyclic amines) is 1. The predicted octanol–water partition coefficient (Wildman–Crippen LogP) is 3.18. The summed E-state index contributed by atoms with van der Waals surface area (Å²) < 4.78 is 13.5. The smallest absolute Gasteiger partial charge is 0.251 e. The van der Waals surface area contributed by atoms with Crippen LogP contribution in [-0.4, -0.2) is 49.5 Å². The van der Waals surface area contributed by atoms with Gasteiger partial charge < -0.3 is 15.5 Å². The topological polar surface area (TPSA) is 56.7 Å². The lowest BCUT2D eigenvalue weighted by atomic mass is 10.00. The van der Waals surface area contributed by atoms with Crippen LogP contribution < -0.4 is 10.6 Å². The molecule has 5 nitrogen and oxygen atoms in total. The van der Waals surface area contributed by atoms with Crippen LogP contribution in [0.3, 0.4) is 0 Å². The van der Waals surface area contributed by atoms with Crippen molar-refractivity contribution in [3.8, 4) is 0 Å². The number of hydrogen-bond acceptors (Lipinski definition) is 2. The van der Waals surface area contributed by atoms with Crippen molar-refractivity contribution in [2.75, 3.05) is 32.7 Å². The van der Waals surface area contributed by atoms with Gasteiger partial charge in [0.05, 0.1) is 6.54 Å². The summed E-state index contributed by atoms with van der Waals surface area (Å²) in [7, 11) is 0. The van der Waals surface area contributed by atoms with E-state index in [0.717, 1.165) is 31.5 Å². The first-order valence-corrected chi connectivity index (χ1v) is 9.09. The van der Waals surface area contributed by atoms with Crippen LogP contribution in [0.1, 0.15) is 42.6 Å². The average Bonchev–Trinajstić information content (AvgIpc) is 2.60. The van der Waals surface area contributed by atoms with Crippen LogP contribution in [0.4, 0.5) is 4.39 Å². The zero-order valence-corrected chi connectivity index (χ0v) is 18.2. The molecule has 1 heterocycles. The first-order chi connectivity index (χ1) is 12.0. The van der Waals surface area contributed by atoms with Crippen molar-refractivity contribution < 1.29 is 9.18 Å². The molecule has 146 valence electrons. The fourth-order valence-corrected chi connectivity index (χ4v) is 2.81. The second kappa shape index (κ2) is 11.4. The van der Waals surface area contributed by atoms with E-state index in [1.807, 2.05) is 0 Å². The maximum absolute atomic E-state index is 13.5. The van der Waals surface area contributed by atoms with E-state index in [4.69, 9.17) is 0 Å². The quantitative estimate of drug-likeness (QED) is 0.297. The summed E-state index contributed by atoms with van der Waals surface area (Å²) >= 11 is 0. The van der Waals surface area contributed by atoms with E-state index in [9.17, 15) is 9.18 Å². The molecule has 1 aromatic carbocycles. The van der Waals surface area contributed by atoms with Crippen LogP contribution in [0.15, 0.2) is 23.2 Å². The molecule has 0 radical (unpaired) electrons. The number of carbonyl (C=O) groups excluding carboxylic acids is 1. The van der Waals surface area contributed by atoms with Gasteiger partial charge >= 0.3 is 0 Å². The minimum absolute atomic E-state index is 0. The maximum atomic E-state index is 13.5. The fraction of sp³-hybridized carbons (Fsp3) is 0.579. The number of hydrogen-bond donors (Lipinski definition) is 2. The third-order valence-corrected chi connectivity index (χ3v) is 4.51. The summed E-state index contributed by atoms with van der Waals surface area (Å²) in [4.78, 5) is 18.9. The third-order valence-electron chi connectivity index (χ3n) is 4.51. The van der Waals surface area contributed by atoms with E-state index in [1.165, 1.54) is 18.9 Å². The Hall–Kier alpha value is -1.38. The first-order valence-electron chi connectivity index (χ1n) is 9.09. The number of aryl methyl sites for hydroxylation is 1. The SMILES string of the molecule is CCNC(=NCCNC(=O)c1ccc(C)c(F)c1)N1CCC(C)CC1.I. The van der Waals surface area contributed by atoms with Crippen LogP contribution >= 0.6 is 24.0 Å². The summed E-state index contributed by atoms with van der Waals surface area (Å²) in [6, 6.07) is 4.52. The number of nitrogens with one attached hydrogen (secondary N) is 2. The van der Waals surface area contributed by atoms with Gasteiger partial charge in [0.15, 0.2) is 5.96 Å². The van der Waals surface area contributed by atoms with Gasteiger partial charge in [0.1, 0.15) is 5.82 Å². The van der Waals surface area contributed by atoms with Crippen molar-refractivity contribution in [3.05, 3.63) is 35.1 Å². The molecule has 2 rings (SSSR count). The van der Waals surface area contributed by atoms with E-state index in [1.54, 1.807) is 19.1 Å². The van der Waals surface area contributed by atoms with Gasteiger partial charge in [0.25, 0.3) is 5.91 Å². The Labute approximate surface area is 172 Å². The Morgan fingerprint density at radius 3 is 2.62 bits per heavy atom. The molecule has 7 heteroatoms. The highest BCUT2D eigenvalue weighted by Gasteiger charge is 2.18. The number of rotatable bonds is 5. The molecule has 1 aromatic rings. The average molecular weight is 476 g/mol. The Kier molecular flexibility index (Phi) is 9.90. The lowest BCUT2D eigenvalue weighted by molar-refractivity contribution is 0.0954. The van der Waals surface area contributed by atoms with Gasteiger partial charge in [-0.1, -0.05) is 13.0 Å². The van der Waals surface area contributed by atoms with E-state index >= 15 is 0 Å². The second-order valence-electron chi connectivity index (χ2n) is 6.63. The number of piperidine rings is 1. The summed E-state index contributed by atoms with van der Waals surface area (Å²) in [6.45, 7) is 9.78. The highest BCUT2D eigenvalue weighted by molar-refractivity contribution is 14.0. The largest absolute Gasteiger partial charge is 0.357 e. The summed E-state index contributed by atoms with van der Waals surface area (Å²) in [6.07, 6.45) is 2.36. The van der Waals surface area contributed by atoms with Gasteiger partial charge in [0, 0.05) is 31.7 Å². The number of aliphatic imine (C=N–C) groups is 1. The third kappa shape index (κ3) is 6.74. The standard InChI is InChI=1S/C19H29FN4O.HI/c1-4-21-19(24-11-7-14(2)8-12-24)23-10-9-22-18(25)16-6-5-15(3)17(20)13-16;/h5-6,13-14H,4,7-12H2,1-3H3,(H,21,23)(H,22,25);1H. The van der Waals surface area contributed by atoms with Crippen LogP contribution in [0, 0.1) is 18.7 Å². The fourth-order valence-electron chi connectivity index (χ4n) is 2.81. The molecule has 0 unspecified atom stereocenters. The molecule has 1 aliphatic rings. The van der Waals surface area contributed by atoms with Crippen LogP contribution in [0.2, 0.25) is 0 Å². The number of nitrogens with zero attached hydrogens (tertiary/aromatic N) is 2. The molecule has 1 aliphatic heterocycles. The molecule has 2 N–H and O–H groups in total. The monoisotopic (exact) mass is 476 g/mol. The zero-order chi connectivity index (χ0) is 18.2. The van der Waals surface area contributed by atoms with Gasteiger partial charge in [-0.2, -0.15) is 0 Å². The summed E-state index contributed by atoms with van der Waals surface area (Å²) in [5.41, 5.74) is 0.872. The van der Waals surface area contributed by atoms with Crippen molar-refractivity contribution in [2.45, 2.75) is 33.6 Å². The lowest BCUT2D eigenvalue weighted by Gasteiger charge is -2.33. The number of amides is 1. The zero-order valence-electron chi connectivity index (χ0n) is 15.8. The summed E-state index contributed by atoms with van der Waals surface area (Å²) in [5, 5.41) is 6.11. The van der Waals surface area contributed by atoms with Crippen molar-refractivity contribution in [1.82, 2.24) is 15.5 Å². The Morgan fingerprint density at radius 2 is 2.00 bits per heavy atom. The normalized spacial score (nSPS) is 15.4. The molecule has 0 saturated carbocycles. The first kappa shape index (κ1) is 22.7. The number of benzene rings is 1. The number of guanidine groups is 1. The molecule has 1 fully saturated rings. The van der Waals surface area contributed by atoms with E-state index in [0.29, 0.717) is 24.2 Å². The van der Waals surface area contributed by atoms with Crippen LogP contribution in [0.25, 0.3) is 0 Å². The maximum Gasteiger partial charge on any atom is 0.251 e. The van der Waals surface area contributed by atoms with Gasteiger partial charge in [-0.3, -0.25) is 9.79 Å². The number of carbonyl (C=O) groups is 1. The van der Waals surface area contributed by atoms with E-state index < -0.39 is 0 Å². The molecular weight excluding hydrogens is 446 g/mol. The van der Waals surface area contributed by atoms with Gasteiger partial charge in [-0.05, 0) is 50.3 Å². The molecule has 0 spiro atoms. The molecule has 26 heavy (non-hydrogen) atoms. The Bertz CT molecular complexity index is 616. The Balaban J connectivity index is 0.00000338. The minimum Gasteiger partial charge on any atom is -0.357 e. The molecule has 0 aromatic heterocycles. The van der Waals surface area contributed by atoms with Crippen molar-refractivity contribution in [2.24, 2.45) is 10.9 Å².